The van der Waals surface area contributed by atoms with E-state index in [1.54, 1.807) is 18.6 Å². The molecule has 0 saturated carbocycles. The van der Waals surface area contributed by atoms with Crippen LogP contribution in [0, 0.1) is 0 Å². The van der Waals surface area contributed by atoms with Gasteiger partial charge in [0.15, 0.2) is 5.82 Å². The molecule has 5 nitrogen and oxygen atoms in total. The first kappa shape index (κ1) is 12.2. The lowest BCUT2D eigenvalue weighted by Gasteiger charge is -2.00. The molecule has 2 aromatic heterocycles. The zero-order valence-corrected chi connectivity index (χ0v) is 12.0. The minimum atomic E-state index is 0.581. The van der Waals surface area contributed by atoms with Gasteiger partial charge in [-0.05, 0) is 24.3 Å². The summed E-state index contributed by atoms with van der Waals surface area (Å²) in [6.45, 7) is 0. The number of aromatic nitrogens is 4. The lowest BCUT2D eigenvalue weighted by atomic mass is 10.3. The zero-order chi connectivity index (χ0) is 13.1. The molecule has 0 radical (unpaired) electrons. The third-order valence-electron chi connectivity index (χ3n) is 2.31. The predicted octanol–water partition coefficient (Wildman–Crippen LogP) is 3.50. The van der Waals surface area contributed by atoms with E-state index in [2.05, 4.69) is 40.6 Å². The minimum Gasteiger partial charge on any atom is -0.330 e. The molecule has 0 saturated heterocycles. The molecule has 0 aliphatic rings. The highest BCUT2D eigenvalue weighted by atomic mass is 79.9. The van der Waals surface area contributed by atoms with Gasteiger partial charge in [0, 0.05) is 34.1 Å². The van der Waals surface area contributed by atoms with Gasteiger partial charge < -0.3 is 5.32 Å². The summed E-state index contributed by atoms with van der Waals surface area (Å²) in [7, 11) is 0. The van der Waals surface area contributed by atoms with E-state index in [0.29, 0.717) is 11.5 Å². The van der Waals surface area contributed by atoms with Crippen LogP contribution >= 0.6 is 27.5 Å². The zero-order valence-electron chi connectivity index (χ0n) is 9.62. The van der Waals surface area contributed by atoms with Crippen molar-refractivity contribution in [2.75, 3.05) is 5.32 Å². The maximum absolute atomic E-state index is 4.38. The average molecular weight is 334 g/mol. The number of benzene rings is 1. The van der Waals surface area contributed by atoms with Crippen LogP contribution in [0.2, 0.25) is 0 Å². The maximum atomic E-state index is 4.38. The van der Waals surface area contributed by atoms with Gasteiger partial charge in [0.2, 0.25) is 5.13 Å². The molecular weight excluding hydrogens is 326 g/mol. The molecule has 0 fully saturated rings. The molecule has 1 aromatic carbocycles. The molecule has 0 spiro atoms. The van der Waals surface area contributed by atoms with Crippen LogP contribution in [-0.4, -0.2) is 19.3 Å². The molecule has 0 bridgehead atoms. The second-order valence-corrected chi connectivity index (χ2v) is 5.31. The van der Waals surface area contributed by atoms with Crippen molar-refractivity contribution < 1.29 is 0 Å². The quantitative estimate of drug-likeness (QED) is 0.794. The molecular formula is C12H8BrN5S. The SMILES string of the molecule is Brc1ccc(Nc2nc(-c3cnccn3)ns2)cc1. The summed E-state index contributed by atoms with van der Waals surface area (Å²) in [6, 6.07) is 7.86. The average Bonchev–Trinajstić information content (AvgIpc) is 2.91. The van der Waals surface area contributed by atoms with Gasteiger partial charge in [0.1, 0.15) is 5.69 Å². The molecule has 0 amide bonds. The second-order valence-electron chi connectivity index (χ2n) is 3.65. The Kier molecular flexibility index (Phi) is 3.47. The summed E-state index contributed by atoms with van der Waals surface area (Å²) in [5.74, 6) is 0.581. The lowest BCUT2D eigenvalue weighted by Crippen LogP contribution is -1.90. The van der Waals surface area contributed by atoms with Crippen LogP contribution in [0.3, 0.4) is 0 Å². The molecule has 0 aliphatic heterocycles. The molecule has 0 unspecified atom stereocenters. The van der Waals surface area contributed by atoms with E-state index in [0.717, 1.165) is 15.3 Å². The molecule has 3 rings (SSSR count). The van der Waals surface area contributed by atoms with Crippen LogP contribution in [-0.2, 0) is 0 Å². The van der Waals surface area contributed by atoms with Crippen molar-refractivity contribution in [2.24, 2.45) is 0 Å². The first-order valence-electron chi connectivity index (χ1n) is 5.44. The number of halogens is 1. The van der Waals surface area contributed by atoms with Crippen LogP contribution in [0.25, 0.3) is 11.5 Å². The fraction of sp³-hybridized carbons (Fsp3) is 0. The van der Waals surface area contributed by atoms with E-state index >= 15 is 0 Å². The van der Waals surface area contributed by atoms with Gasteiger partial charge >= 0.3 is 0 Å². The molecule has 2 heterocycles. The molecule has 7 heteroatoms. The normalized spacial score (nSPS) is 10.4. The van der Waals surface area contributed by atoms with Crippen molar-refractivity contribution in [3.05, 3.63) is 47.3 Å². The van der Waals surface area contributed by atoms with E-state index in [9.17, 15) is 0 Å². The highest BCUT2D eigenvalue weighted by Gasteiger charge is 2.07. The molecule has 3 aromatic rings. The Bertz CT molecular complexity index is 668. The van der Waals surface area contributed by atoms with Gasteiger partial charge in [-0.3, -0.25) is 4.98 Å². The maximum Gasteiger partial charge on any atom is 0.207 e. The minimum absolute atomic E-state index is 0.581. The van der Waals surface area contributed by atoms with Crippen molar-refractivity contribution in [3.63, 3.8) is 0 Å². The topological polar surface area (TPSA) is 63.6 Å². The molecule has 19 heavy (non-hydrogen) atoms. The van der Waals surface area contributed by atoms with E-state index in [-0.39, 0.29) is 0 Å². The van der Waals surface area contributed by atoms with Crippen molar-refractivity contribution in [3.8, 4) is 11.5 Å². The summed E-state index contributed by atoms with van der Waals surface area (Å²) in [6.07, 6.45) is 4.89. The Morgan fingerprint density at radius 2 is 1.95 bits per heavy atom. The summed E-state index contributed by atoms with van der Waals surface area (Å²) in [4.78, 5) is 12.5. The Labute approximate surface area is 122 Å². The standard InChI is InChI=1S/C12H8BrN5S/c13-8-1-3-9(4-2-8)16-12-17-11(18-19-12)10-7-14-5-6-15-10/h1-7H,(H,16,17,18). The van der Waals surface area contributed by atoms with E-state index in [1.807, 2.05) is 24.3 Å². The number of rotatable bonds is 3. The van der Waals surface area contributed by atoms with Gasteiger partial charge in [0.05, 0.1) is 6.20 Å². The van der Waals surface area contributed by atoms with Crippen molar-refractivity contribution in [1.29, 1.82) is 0 Å². The third-order valence-corrected chi connectivity index (χ3v) is 3.47. The van der Waals surface area contributed by atoms with E-state index in [1.165, 1.54) is 11.5 Å². The highest BCUT2D eigenvalue weighted by Crippen LogP contribution is 2.23. The van der Waals surface area contributed by atoms with E-state index < -0.39 is 0 Å². The van der Waals surface area contributed by atoms with Gasteiger partial charge in [-0.15, -0.1) is 0 Å². The largest absolute Gasteiger partial charge is 0.330 e. The molecule has 94 valence electrons. The van der Waals surface area contributed by atoms with Crippen LogP contribution < -0.4 is 5.32 Å². The Morgan fingerprint density at radius 1 is 1.11 bits per heavy atom. The highest BCUT2D eigenvalue weighted by molar-refractivity contribution is 9.10. The summed E-state index contributed by atoms with van der Waals surface area (Å²) in [5.41, 5.74) is 1.63. The van der Waals surface area contributed by atoms with Gasteiger partial charge in [0.25, 0.3) is 0 Å². The lowest BCUT2D eigenvalue weighted by molar-refractivity contribution is 1.16. The van der Waals surface area contributed by atoms with Gasteiger partial charge in [-0.25, -0.2) is 4.98 Å². The van der Waals surface area contributed by atoms with Crippen molar-refractivity contribution >= 4 is 38.3 Å². The predicted molar refractivity (Wildman–Crippen MR) is 78.4 cm³/mol. The smallest absolute Gasteiger partial charge is 0.207 e. The van der Waals surface area contributed by atoms with Crippen LogP contribution in [0.15, 0.2) is 47.3 Å². The van der Waals surface area contributed by atoms with Gasteiger partial charge in [-0.1, -0.05) is 15.9 Å². The summed E-state index contributed by atoms with van der Waals surface area (Å²) >= 11 is 4.69. The van der Waals surface area contributed by atoms with E-state index in [4.69, 9.17) is 0 Å². The molecule has 0 atom stereocenters. The fourth-order valence-electron chi connectivity index (χ4n) is 1.45. The number of hydrogen-bond acceptors (Lipinski definition) is 6. The van der Waals surface area contributed by atoms with Crippen molar-refractivity contribution in [2.45, 2.75) is 0 Å². The summed E-state index contributed by atoms with van der Waals surface area (Å²) in [5, 5.41) is 3.92. The summed E-state index contributed by atoms with van der Waals surface area (Å²) < 4.78 is 5.29. The first-order chi connectivity index (χ1) is 9.31. The fourth-order valence-corrected chi connectivity index (χ4v) is 2.31. The number of nitrogens with zero attached hydrogens (tertiary/aromatic N) is 4. The van der Waals surface area contributed by atoms with Crippen molar-refractivity contribution in [1.82, 2.24) is 19.3 Å². The molecule has 0 aliphatic carbocycles. The Balaban J connectivity index is 1.80. The number of nitrogens with one attached hydrogen (secondary N) is 1. The monoisotopic (exact) mass is 333 g/mol. The Morgan fingerprint density at radius 3 is 2.68 bits per heavy atom. The van der Waals surface area contributed by atoms with Crippen LogP contribution in [0.4, 0.5) is 10.8 Å². The second kappa shape index (κ2) is 5.41. The van der Waals surface area contributed by atoms with Crippen LogP contribution in [0.1, 0.15) is 0 Å². The third kappa shape index (κ3) is 2.94. The number of hydrogen-bond donors (Lipinski definition) is 1. The van der Waals surface area contributed by atoms with Gasteiger partial charge in [-0.2, -0.15) is 9.36 Å². The number of anilines is 2. The van der Waals surface area contributed by atoms with Crippen LogP contribution in [0.5, 0.6) is 0 Å². The Hall–Kier alpha value is -1.86. The molecule has 1 N–H and O–H groups in total. The first-order valence-corrected chi connectivity index (χ1v) is 7.00.